The Morgan fingerprint density at radius 1 is 1.30 bits per heavy atom. The SMILES string of the molecule is CC(C)(O)CN1CCN(c2cccc(Cl)c2C=O)CC1. The normalized spacial score (nSPS) is 17.3. The van der Waals surface area contributed by atoms with Crippen LogP contribution in [-0.2, 0) is 0 Å². The van der Waals surface area contributed by atoms with E-state index in [9.17, 15) is 9.90 Å². The maximum Gasteiger partial charge on any atom is 0.153 e. The molecule has 110 valence electrons. The number of nitrogens with zero attached hydrogens (tertiary/aromatic N) is 2. The molecule has 0 aromatic heterocycles. The molecule has 1 fully saturated rings. The van der Waals surface area contributed by atoms with Gasteiger partial charge in [0.25, 0.3) is 0 Å². The van der Waals surface area contributed by atoms with Gasteiger partial charge in [-0.2, -0.15) is 0 Å². The fourth-order valence-corrected chi connectivity index (χ4v) is 2.83. The highest BCUT2D eigenvalue weighted by Gasteiger charge is 2.24. The molecule has 1 aromatic rings. The topological polar surface area (TPSA) is 43.8 Å². The van der Waals surface area contributed by atoms with Crippen LogP contribution in [0.4, 0.5) is 5.69 Å². The average Bonchev–Trinajstić information content (AvgIpc) is 2.37. The van der Waals surface area contributed by atoms with Crippen LogP contribution < -0.4 is 4.90 Å². The molecule has 4 nitrogen and oxygen atoms in total. The van der Waals surface area contributed by atoms with E-state index >= 15 is 0 Å². The van der Waals surface area contributed by atoms with Crippen molar-refractivity contribution < 1.29 is 9.90 Å². The number of benzene rings is 1. The number of carbonyl (C=O) groups excluding carboxylic acids is 1. The smallest absolute Gasteiger partial charge is 0.153 e. The van der Waals surface area contributed by atoms with E-state index in [4.69, 9.17) is 11.6 Å². The Balaban J connectivity index is 2.04. The van der Waals surface area contributed by atoms with E-state index in [2.05, 4.69) is 9.80 Å². The minimum Gasteiger partial charge on any atom is -0.389 e. The van der Waals surface area contributed by atoms with Crippen molar-refractivity contribution in [2.24, 2.45) is 0 Å². The number of β-amino-alcohol motifs (C(OH)–C–C–N with tert-alkyl or cyclic N) is 1. The second-order valence-electron chi connectivity index (χ2n) is 5.87. The highest BCUT2D eigenvalue weighted by Crippen LogP contribution is 2.26. The first kappa shape index (κ1) is 15.3. The summed E-state index contributed by atoms with van der Waals surface area (Å²) in [4.78, 5) is 15.6. The first-order valence-corrected chi connectivity index (χ1v) is 7.22. The predicted octanol–water partition coefficient (Wildman–Crippen LogP) is 2.05. The van der Waals surface area contributed by atoms with E-state index in [0.29, 0.717) is 17.1 Å². The summed E-state index contributed by atoms with van der Waals surface area (Å²) in [6, 6.07) is 5.54. The number of aliphatic hydroxyl groups is 1. The van der Waals surface area contributed by atoms with Gasteiger partial charge >= 0.3 is 0 Å². The maximum atomic E-state index is 11.2. The van der Waals surface area contributed by atoms with Crippen molar-refractivity contribution in [2.75, 3.05) is 37.6 Å². The monoisotopic (exact) mass is 296 g/mol. The summed E-state index contributed by atoms with van der Waals surface area (Å²) in [7, 11) is 0. The molecule has 1 N–H and O–H groups in total. The van der Waals surface area contributed by atoms with E-state index in [1.165, 1.54) is 0 Å². The number of hydrogen-bond acceptors (Lipinski definition) is 4. The van der Waals surface area contributed by atoms with Crippen LogP contribution in [-0.4, -0.2) is 54.6 Å². The van der Waals surface area contributed by atoms with Crippen molar-refractivity contribution in [3.63, 3.8) is 0 Å². The van der Waals surface area contributed by atoms with Crippen LogP contribution in [0.5, 0.6) is 0 Å². The van der Waals surface area contributed by atoms with Crippen molar-refractivity contribution in [3.05, 3.63) is 28.8 Å². The molecule has 0 aliphatic carbocycles. The van der Waals surface area contributed by atoms with Gasteiger partial charge in [0, 0.05) is 38.4 Å². The van der Waals surface area contributed by atoms with Gasteiger partial charge in [0.2, 0.25) is 0 Å². The fraction of sp³-hybridized carbons (Fsp3) is 0.533. The Morgan fingerprint density at radius 2 is 1.95 bits per heavy atom. The molecule has 0 atom stereocenters. The summed E-state index contributed by atoms with van der Waals surface area (Å²) in [5, 5.41) is 10.3. The number of anilines is 1. The second-order valence-corrected chi connectivity index (χ2v) is 6.27. The van der Waals surface area contributed by atoms with Crippen molar-refractivity contribution in [3.8, 4) is 0 Å². The first-order chi connectivity index (χ1) is 9.40. The molecule has 1 saturated heterocycles. The molecule has 0 radical (unpaired) electrons. The third-order valence-corrected chi connectivity index (χ3v) is 3.80. The zero-order chi connectivity index (χ0) is 14.8. The van der Waals surface area contributed by atoms with Crippen molar-refractivity contribution in [1.29, 1.82) is 0 Å². The predicted molar refractivity (Wildman–Crippen MR) is 81.8 cm³/mol. The van der Waals surface area contributed by atoms with E-state index in [-0.39, 0.29) is 0 Å². The third-order valence-electron chi connectivity index (χ3n) is 3.47. The molecule has 1 aromatic carbocycles. The summed E-state index contributed by atoms with van der Waals surface area (Å²) in [5.41, 5.74) is 0.784. The Kier molecular flexibility index (Phi) is 4.68. The first-order valence-electron chi connectivity index (χ1n) is 6.84. The summed E-state index contributed by atoms with van der Waals surface area (Å²) >= 11 is 6.06. The van der Waals surface area contributed by atoms with E-state index < -0.39 is 5.60 Å². The minimum absolute atomic E-state index is 0.497. The highest BCUT2D eigenvalue weighted by molar-refractivity contribution is 6.33. The van der Waals surface area contributed by atoms with Gasteiger partial charge in [0.05, 0.1) is 16.2 Å². The molecule has 0 bridgehead atoms. The Morgan fingerprint density at radius 3 is 2.50 bits per heavy atom. The van der Waals surface area contributed by atoms with Crippen molar-refractivity contribution in [1.82, 2.24) is 4.90 Å². The lowest BCUT2D eigenvalue weighted by atomic mass is 10.1. The largest absolute Gasteiger partial charge is 0.389 e. The lowest BCUT2D eigenvalue weighted by Gasteiger charge is -2.38. The summed E-state index contributed by atoms with van der Waals surface area (Å²) in [6.07, 6.45) is 0.820. The molecule has 2 rings (SSSR count). The lowest BCUT2D eigenvalue weighted by molar-refractivity contribution is 0.0345. The zero-order valence-electron chi connectivity index (χ0n) is 12.0. The number of carbonyl (C=O) groups is 1. The van der Waals surface area contributed by atoms with Gasteiger partial charge in [-0.3, -0.25) is 9.69 Å². The molecule has 1 aliphatic heterocycles. The van der Waals surface area contributed by atoms with Gasteiger partial charge in [-0.1, -0.05) is 17.7 Å². The minimum atomic E-state index is -0.674. The Labute approximate surface area is 124 Å². The lowest BCUT2D eigenvalue weighted by Crippen LogP contribution is -2.50. The van der Waals surface area contributed by atoms with E-state index in [1.807, 2.05) is 26.0 Å². The molecule has 0 spiro atoms. The van der Waals surface area contributed by atoms with Gasteiger partial charge in [-0.15, -0.1) is 0 Å². The van der Waals surface area contributed by atoms with Gasteiger partial charge in [-0.25, -0.2) is 0 Å². The third kappa shape index (κ3) is 3.72. The Bertz CT molecular complexity index is 477. The van der Waals surface area contributed by atoms with Crippen LogP contribution >= 0.6 is 11.6 Å². The highest BCUT2D eigenvalue weighted by atomic mass is 35.5. The molecule has 0 saturated carbocycles. The number of hydrogen-bond donors (Lipinski definition) is 1. The van der Waals surface area contributed by atoms with Crippen LogP contribution in [0.1, 0.15) is 24.2 Å². The van der Waals surface area contributed by atoms with Gasteiger partial charge < -0.3 is 10.0 Å². The molecular weight excluding hydrogens is 276 g/mol. The van der Waals surface area contributed by atoms with Crippen molar-refractivity contribution in [2.45, 2.75) is 19.4 Å². The summed E-state index contributed by atoms with van der Waals surface area (Å²) < 4.78 is 0. The zero-order valence-corrected chi connectivity index (χ0v) is 12.7. The van der Waals surface area contributed by atoms with Gasteiger partial charge in [0.15, 0.2) is 6.29 Å². The van der Waals surface area contributed by atoms with Gasteiger partial charge in [-0.05, 0) is 26.0 Å². The number of piperazine rings is 1. The molecule has 20 heavy (non-hydrogen) atoms. The standard InChI is InChI=1S/C15H21ClN2O2/c1-15(2,20)11-17-6-8-18(9-7-17)14-5-3-4-13(16)12(14)10-19/h3-5,10,20H,6-9,11H2,1-2H3. The number of halogens is 1. The fourth-order valence-electron chi connectivity index (χ4n) is 2.61. The van der Waals surface area contributed by atoms with Gasteiger partial charge in [0.1, 0.15) is 0 Å². The number of rotatable bonds is 4. The molecule has 5 heteroatoms. The van der Waals surface area contributed by atoms with Crippen LogP contribution in [0.25, 0.3) is 0 Å². The van der Waals surface area contributed by atoms with Crippen LogP contribution in [0.15, 0.2) is 18.2 Å². The van der Waals surface area contributed by atoms with Crippen LogP contribution in [0.2, 0.25) is 5.02 Å². The van der Waals surface area contributed by atoms with Crippen LogP contribution in [0, 0.1) is 0 Å². The number of aldehydes is 1. The second kappa shape index (κ2) is 6.12. The van der Waals surface area contributed by atoms with Crippen molar-refractivity contribution >= 4 is 23.6 Å². The molecule has 1 aliphatic rings. The summed E-state index contributed by atoms with van der Waals surface area (Å²) in [6.45, 7) is 7.71. The molecule has 0 amide bonds. The average molecular weight is 297 g/mol. The quantitative estimate of drug-likeness (QED) is 0.864. The molecule has 1 heterocycles. The van der Waals surface area contributed by atoms with Crippen LogP contribution in [0.3, 0.4) is 0 Å². The molecular formula is C15H21ClN2O2. The molecule has 0 unspecified atom stereocenters. The Hall–Kier alpha value is -1.10. The maximum absolute atomic E-state index is 11.2. The van der Waals surface area contributed by atoms with E-state index in [0.717, 1.165) is 38.2 Å². The summed E-state index contributed by atoms with van der Waals surface area (Å²) in [5.74, 6) is 0. The van der Waals surface area contributed by atoms with E-state index in [1.54, 1.807) is 6.07 Å².